The summed E-state index contributed by atoms with van der Waals surface area (Å²) >= 11 is 6.60. The van der Waals surface area contributed by atoms with Crippen LogP contribution in [0.15, 0.2) is 30.5 Å². The fourth-order valence-electron chi connectivity index (χ4n) is 3.52. The van der Waals surface area contributed by atoms with Gasteiger partial charge < -0.3 is 29.7 Å². The van der Waals surface area contributed by atoms with Crippen molar-refractivity contribution in [1.29, 1.82) is 0 Å². The van der Waals surface area contributed by atoms with Crippen LogP contribution in [0.5, 0.6) is 5.88 Å². The van der Waals surface area contributed by atoms with Gasteiger partial charge in [-0.3, -0.25) is 9.69 Å². The van der Waals surface area contributed by atoms with Crippen LogP contribution in [0.25, 0.3) is 22.0 Å². The topological polar surface area (TPSA) is 129 Å². The number of aromatic nitrogens is 2. The van der Waals surface area contributed by atoms with Crippen molar-refractivity contribution >= 4 is 40.2 Å². The molecule has 0 aliphatic carbocycles. The van der Waals surface area contributed by atoms with Crippen molar-refractivity contribution in [3.63, 3.8) is 0 Å². The molecule has 1 amide bonds. The number of hydrogen-bond acceptors (Lipinski definition) is 8. The predicted molar refractivity (Wildman–Crippen MR) is 142 cm³/mol. The van der Waals surface area contributed by atoms with Gasteiger partial charge in [0.1, 0.15) is 18.0 Å². The van der Waals surface area contributed by atoms with Crippen molar-refractivity contribution in [2.75, 3.05) is 52.0 Å². The minimum Gasteiger partial charge on any atom is -0.480 e. The van der Waals surface area contributed by atoms with Crippen LogP contribution in [0.3, 0.4) is 0 Å². The van der Waals surface area contributed by atoms with Crippen LogP contribution in [0.4, 0.5) is 5.82 Å². The Morgan fingerprint density at radius 1 is 1.11 bits per heavy atom. The van der Waals surface area contributed by atoms with Crippen molar-refractivity contribution in [3.8, 4) is 17.0 Å². The van der Waals surface area contributed by atoms with Crippen molar-refractivity contribution in [2.24, 2.45) is 5.73 Å². The number of fused-ring (bicyclic) bond motifs is 1. The highest BCUT2D eigenvalue weighted by Crippen LogP contribution is 2.38. The van der Waals surface area contributed by atoms with E-state index < -0.39 is 11.6 Å². The summed E-state index contributed by atoms with van der Waals surface area (Å²) < 4.78 is 21.7. The second kappa shape index (κ2) is 12.4. The number of likely N-dealkylation sites (N-methyl/N-ethyl adjacent to an activating group) is 1. The van der Waals surface area contributed by atoms with Crippen LogP contribution in [-0.2, 0) is 19.0 Å². The third-order valence-corrected chi connectivity index (χ3v) is 5.61. The number of anilines is 1. The molecule has 2 aromatic heterocycles. The monoisotopic (exact) mass is 532 g/mol. The second-order valence-electron chi connectivity index (χ2n) is 9.21. The molecule has 3 aromatic rings. The zero-order chi connectivity index (χ0) is 27.2. The Kier molecular flexibility index (Phi) is 9.50. The molecule has 11 heteroatoms. The van der Waals surface area contributed by atoms with E-state index >= 15 is 0 Å². The van der Waals surface area contributed by atoms with Gasteiger partial charge in [-0.1, -0.05) is 11.6 Å². The van der Waals surface area contributed by atoms with E-state index in [1.165, 1.54) is 12.0 Å². The molecule has 0 unspecified atom stereocenters. The van der Waals surface area contributed by atoms with Gasteiger partial charge in [0.15, 0.2) is 0 Å². The number of ether oxygens (including phenoxy) is 4. The van der Waals surface area contributed by atoms with E-state index in [0.717, 1.165) is 0 Å². The Labute approximate surface area is 221 Å². The number of benzene rings is 1. The summed E-state index contributed by atoms with van der Waals surface area (Å²) in [7, 11) is 3.08. The van der Waals surface area contributed by atoms with Crippen molar-refractivity contribution in [3.05, 3.63) is 41.0 Å². The van der Waals surface area contributed by atoms with E-state index in [4.69, 9.17) is 36.3 Å². The van der Waals surface area contributed by atoms with Crippen molar-refractivity contribution in [1.82, 2.24) is 9.97 Å². The highest BCUT2D eigenvalue weighted by atomic mass is 35.5. The van der Waals surface area contributed by atoms with Gasteiger partial charge in [-0.25, -0.2) is 4.79 Å². The number of carbonyl (C=O) groups excluding carboxylic acids is 2. The van der Waals surface area contributed by atoms with Gasteiger partial charge in [0.2, 0.25) is 5.88 Å². The van der Waals surface area contributed by atoms with Gasteiger partial charge in [0.05, 0.1) is 37.5 Å². The van der Waals surface area contributed by atoms with E-state index in [-0.39, 0.29) is 25.0 Å². The van der Waals surface area contributed by atoms with E-state index in [1.807, 2.05) is 20.8 Å². The Morgan fingerprint density at radius 2 is 1.84 bits per heavy atom. The standard InChI is InChI=1S/C26H33ClN4O6/c1-26(2,3)37-25(33)19-14-29-21-13-20(27)17(12-18(19)21)16-6-7-22(30-24(16)34-5)31(4)23(32)15-36-11-10-35-9-8-28/h6-7,12-14,29H,8-11,15,28H2,1-5H3. The second-order valence-corrected chi connectivity index (χ2v) is 9.62. The van der Waals surface area contributed by atoms with Gasteiger partial charge in [-0.15, -0.1) is 0 Å². The molecule has 37 heavy (non-hydrogen) atoms. The first kappa shape index (κ1) is 28.4. The average molecular weight is 533 g/mol. The summed E-state index contributed by atoms with van der Waals surface area (Å²) in [4.78, 5) is 34.2. The van der Waals surface area contributed by atoms with Crippen LogP contribution >= 0.6 is 11.6 Å². The summed E-state index contributed by atoms with van der Waals surface area (Å²) in [5.74, 6) is -0.0820. The van der Waals surface area contributed by atoms with Gasteiger partial charge in [-0.05, 0) is 45.0 Å². The smallest absolute Gasteiger partial charge is 0.340 e. The SMILES string of the molecule is COc1nc(N(C)C(=O)COCCOCCN)ccc1-c1cc2c(C(=O)OC(C)(C)C)c[nH]c2cc1Cl. The van der Waals surface area contributed by atoms with Crippen molar-refractivity contribution in [2.45, 2.75) is 26.4 Å². The quantitative estimate of drug-likeness (QED) is 0.282. The zero-order valence-electron chi connectivity index (χ0n) is 21.7. The van der Waals surface area contributed by atoms with Crippen LogP contribution in [0.1, 0.15) is 31.1 Å². The van der Waals surface area contributed by atoms with Crippen molar-refractivity contribution < 1.29 is 28.5 Å². The number of rotatable bonds is 11. The summed E-state index contributed by atoms with van der Waals surface area (Å²) in [5.41, 5.74) is 7.03. The first-order chi connectivity index (χ1) is 17.6. The third-order valence-electron chi connectivity index (χ3n) is 5.29. The molecule has 0 fully saturated rings. The summed E-state index contributed by atoms with van der Waals surface area (Å²) in [6.45, 7) is 6.82. The molecule has 0 bridgehead atoms. The highest BCUT2D eigenvalue weighted by molar-refractivity contribution is 6.34. The lowest BCUT2D eigenvalue weighted by Gasteiger charge is -2.19. The van der Waals surface area contributed by atoms with E-state index in [2.05, 4.69) is 9.97 Å². The Morgan fingerprint density at radius 3 is 2.51 bits per heavy atom. The molecule has 0 spiro atoms. The number of H-pyrrole nitrogens is 1. The fourth-order valence-corrected chi connectivity index (χ4v) is 3.78. The van der Waals surface area contributed by atoms with Gasteiger partial charge in [0, 0.05) is 41.8 Å². The van der Waals surface area contributed by atoms with E-state index in [9.17, 15) is 9.59 Å². The predicted octanol–water partition coefficient (Wildman–Crippen LogP) is 3.80. The molecular weight excluding hydrogens is 500 g/mol. The van der Waals surface area contributed by atoms with Crippen LogP contribution in [0.2, 0.25) is 5.02 Å². The number of esters is 1. The zero-order valence-corrected chi connectivity index (χ0v) is 22.5. The average Bonchev–Trinajstić information content (AvgIpc) is 3.26. The molecular formula is C26H33ClN4O6. The molecule has 3 rings (SSSR count). The molecule has 0 aliphatic heterocycles. The normalized spacial score (nSPS) is 11.5. The molecule has 10 nitrogen and oxygen atoms in total. The number of pyridine rings is 1. The number of nitrogens with zero attached hydrogens (tertiary/aromatic N) is 2. The van der Waals surface area contributed by atoms with Gasteiger partial charge in [-0.2, -0.15) is 4.98 Å². The molecule has 0 aliphatic rings. The number of hydrogen-bond donors (Lipinski definition) is 2. The maximum atomic E-state index is 12.7. The fraction of sp³-hybridized carbons (Fsp3) is 0.423. The largest absolute Gasteiger partial charge is 0.480 e. The number of nitrogens with one attached hydrogen (secondary N) is 1. The maximum absolute atomic E-state index is 12.7. The minimum atomic E-state index is -0.633. The maximum Gasteiger partial charge on any atom is 0.340 e. The summed E-state index contributed by atoms with van der Waals surface area (Å²) in [6, 6.07) is 6.98. The number of methoxy groups -OCH3 is 1. The Bertz CT molecular complexity index is 1250. The van der Waals surface area contributed by atoms with Crippen LogP contribution < -0.4 is 15.4 Å². The summed E-state index contributed by atoms with van der Waals surface area (Å²) in [6.07, 6.45) is 1.60. The number of carbonyl (C=O) groups is 2. The lowest BCUT2D eigenvalue weighted by molar-refractivity contribution is -0.123. The Hall–Kier alpha value is -3.18. The lowest BCUT2D eigenvalue weighted by atomic mass is 10.0. The molecule has 0 saturated heterocycles. The van der Waals surface area contributed by atoms with E-state index in [0.29, 0.717) is 58.2 Å². The third kappa shape index (κ3) is 7.20. The summed E-state index contributed by atoms with van der Waals surface area (Å²) in [5, 5.41) is 1.09. The minimum absolute atomic E-state index is 0.127. The number of halogens is 1. The lowest BCUT2D eigenvalue weighted by Crippen LogP contribution is -2.31. The molecule has 200 valence electrons. The molecule has 2 heterocycles. The number of amides is 1. The van der Waals surface area contributed by atoms with Gasteiger partial charge >= 0.3 is 5.97 Å². The number of nitrogens with two attached hydrogens (primary N) is 1. The molecule has 0 radical (unpaired) electrons. The number of aromatic amines is 1. The molecule has 0 atom stereocenters. The molecule has 0 saturated carbocycles. The van der Waals surface area contributed by atoms with Crippen LogP contribution in [0, 0.1) is 0 Å². The highest BCUT2D eigenvalue weighted by Gasteiger charge is 2.23. The van der Waals surface area contributed by atoms with Gasteiger partial charge in [0.25, 0.3) is 5.91 Å². The van der Waals surface area contributed by atoms with Crippen LogP contribution in [-0.4, -0.2) is 74.6 Å². The Balaban J connectivity index is 1.84. The first-order valence-corrected chi connectivity index (χ1v) is 12.1. The molecule has 1 aromatic carbocycles. The molecule has 3 N–H and O–H groups in total. The van der Waals surface area contributed by atoms with E-state index in [1.54, 1.807) is 37.5 Å². The first-order valence-electron chi connectivity index (χ1n) is 11.8.